The summed E-state index contributed by atoms with van der Waals surface area (Å²) in [6, 6.07) is 2.99. The largest absolute Gasteiger partial charge is 0.383 e. The normalized spacial score (nSPS) is 11.6. The maximum atomic E-state index is 11.8. The quantitative estimate of drug-likeness (QED) is 0.445. The van der Waals surface area contributed by atoms with E-state index in [1.807, 2.05) is 20.8 Å². The molecular formula is C16H22N4O4. The second kappa shape index (κ2) is 7.37. The second-order valence-electron chi connectivity index (χ2n) is 6.76. The lowest BCUT2D eigenvalue weighted by Crippen LogP contribution is -2.19. The third-order valence-corrected chi connectivity index (χ3v) is 3.82. The summed E-state index contributed by atoms with van der Waals surface area (Å²) in [7, 11) is 0. The molecule has 8 heteroatoms. The molecule has 130 valence electrons. The van der Waals surface area contributed by atoms with Crippen molar-refractivity contribution in [3.63, 3.8) is 0 Å². The number of carbonyl (C=O) groups excluding carboxylic acids is 1. The Morgan fingerprint density at radius 1 is 1.21 bits per heavy atom. The number of nitrogens with zero attached hydrogens (tertiary/aromatic N) is 3. The highest BCUT2D eigenvalue weighted by Crippen LogP contribution is 2.28. The van der Waals surface area contributed by atoms with E-state index in [0.717, 1.165) is 19.3 Å². The number of unbranched alkanes of at least 4 members (excludes halogenated alkanes) is 2. The summed E-state index contributed by atoms with van der Waals surface area (Å²) < 4.78 is 4.62. The Morgan fingerprint density at radius 2 is 1.92 bits per heavy atom. The lowest BCUT2D eigenvalue weighted by atomic mass is 9.88. The fourth-order valence-corrected chi connectivity index (χ4v) is 2.33. The van der Waals surface area contributed by atoms with Crippen molar-refractivity contribution in [1.82, 2.24) is 10.3 Å². The minimum Gasteiger partial charge on any atom is -0.383 e. The van der Waals surface area contributed by atoms with Gasteiger partial charge in [0.25, 0.3) is 0 Å². The van der Waals surface area contributed by atoms with Crippen molar-refractivity contribution in [3.8, 4) is 0 Å². The number of fused-ring (bicyclic) bond motifs is 1. The van der Waals surface area contributed by atoms with Crippen molar-refractivity contribution in [2.24, 2.45) is 5.41 Å². The van der Waals surface area contributed by atoms with E-state index in [9.17, 15) is 14.9 Å². The highest BCUT2D eigenvalue weighted by atomic mass is 16.6. The van der Waals surface area contributed by atoms with E-state index < -0.39 is 4.92 Å². The van der Waals surface area contributed by atoms with Gasteiger partial charge in [-0.1, -0.05) is 27.2 Å². The number of carbonyl (C=O) groups is 1. The van der Waals surface area contributed by atoms with E-state index in [-0.39, 0.29) is 22.4 Å². The number of nitro benzene ring substituents is 1. The number of ketones is 1. The van der Waals surface area contributed by atoms with E-state index in [2.05, 4.69) is 20.3 Å². The van der Waals surface area contributed by atoms with E-state index in [1.165, 1.54) is 6.07 Å². The van der Waals surface area contributed by atoms with Crippen LogP contribution < -0.4 is 5.32 Å². The van der Waals surface area contributed by atoms with Crippen LogP contribution in [0.3, 0.4) is 0 Å². The summed E-state index contributed by atoms with van der Waals surface area (Å²) in [5.41, 5.74) is 0.746. The monoisotopic (exact) mass is 334 g/mol. The number of nitro groups is 1. The summed E-state index contributed by atoms with van der Waals surface area (Å²) in [4.78, 5) is 22.2. The van der Waals surface area contributed by atoms with Gasteiger partial charge in [0.15, 0.2) is 5.52 Å². The van der Waals surface area contributed by atoms with Crippen LogP contribution in [-0.2, 0) is 4.79 Å². The first-order chi connectivity index (χ1) is 11.3. The molecule has 1 heterocycles. The number of hydrogen-bond donors (Lipinski definition) is 1. The molecule has 0 saturated heterocycles. The van der Waals surface area contributed by atoms with Crippen LogP contribution in [0.4, 0.5) is 11.4 Å². The highest BCUT2D eigenvalue weighted by molar-refractivity contribution is 5.93. The van der Waals surface area contributed by atoms with Gasteiger partial charge >= 0.3 is 5.69 Å². The zero-order chi connectivity index (χ0) is 17.7. The standard InChI is InChI=1S/C16H22N4O4/c1-16(2,3)13(21)7-5-4-6-10-17-11-8-9-12(20(22)23)15-14(11)18-24-19-15/h8-9,17H,4-7,10H2,1-3H3. The summed E-state index contributed by atoms with van der Waals surface area (Å²) in [6.07, 6.45) is 3.28. The van der Waals surface area contributed by atoms with Gasteiger partial charge in [0.05, 0.1) is 10.6 Å². The van der Waals surface area contributed by atoms with Crippen LogP contribution in [0.15, 0.2) is 16.8 Å². The van der Waals surface area contributed by atoms with Crippen molar-refractivity contribution in [2.45, 2.75) is 46.5 Å². The molecule has 0 unspecified atom stereocenters. The average molecular weight is 334 g/mol. The number of benzene rings is 1. The predicted octanol–water partition coefficient (Wildman–Crippen LogP) is 3.72. The molecule has 2 aromatic rings. The molecule has 0 aliphatic carbocycles. The number of aromatic nitrogens is 2. The number of nitrogens with one attached hydrogen (secondary N) is 1. The molecular weight excluding hydrogens is 312 g/mol. The van der Waals surface area contributed by atoms with Gasteiger partial charge in [-0.2, -0.15) is 0 Å². The molecule has 1 N–H and O–H groups in total. The molecule has 0 fully saturated rings. The van der Waals surface area contributed by atoms with Gasteiger partial charge in [-0.25, -0.2) is 4.63 Å². The molecule has 0 bridgehead atoms. The Kier molecular flexibility index (Phi) is 5.48. The summed E-state index contributed by atoms with van der Waals surface area (Å²) in [5, 5.41) is 21.4. The van der Waals surface area contributed by atoms with Crippen LogP contribution in [-0.4, -0.2) is 27.6 Å². The topological polar surface area (TPSA) is 111 Å². The van der Waals surface area contributed by atoms with Gasteiger partial charge in [-0.3, -0.25) is 14.9 Å². The lowest BCUT2D eigenvalue weighted by molar-refractivity contribution is -0.383. The third kappa shape index (κ3) is 4.27. The number of rotatable bonds is 8. The maximum absolute atomic E-state index is 11.8. The summed E-state index contributed by atoms with van der Waals surface area (Å²) in [6.45, 7) is 6.48. The smallest absolute Gasteiger partial charge is 0.300 e. The van der Waals surface area contributed by atoms with E-state index in [0.29, 0.717) is 24.2 Å². The Labute approximate surface area is 139 Å². The fourth-order valence-electron chi connectivity index (χ4n) is 2.33. The Morgan fingerprint density at radius 3 is 2.58 bits per heavy atom. The summed E-state index contributed by atoms with van der Waals surface area (Å²) in [5.74, 6) is 0.279. The SMILES string of the molecule is CC(C)(C)C(=O)CCCCCNc1ccc([N+](=O)[O-])c2nonc12. The van der Waals surface area contributed by atoms with E-state index in [4.69, 9.17) is 0 Å². The molecule has 24 heavy (non-hydrogen) atoms. The van der Waals surface area contributed by atoms with Crippen LogP contribution in [0.2, 0.25) is 0 Å². The number of Topliss-reactive ketones (excluding diaryl/α,β-unsaturated/α-hetero) is 1. The predicted molar refractivity (Wildman–Crippen MR) is 89.9 cm³/mol. The van der Waals surface area contributed by atoms with Gasteiger partial charge in [-0.05, 0) is 29.2 Å². The van der Waals surface area contributed by atoms with Crippen molar-refractivity contribution >= 4 is 28.2 Å². The van der Waals surface area contributed by atoms with Crippen LogP contribution in [0.25, 0.3) is 11.0 Å². The minimum absolute atomic E-state index is 0.127. The first-order valence-corrected chi connectivity index (χ1v) is 7.97. The molecule has 8 nitrogen and oxygen atoms in total. The van der Waals surface area contributed by atoms with Gasteiger partial charge in [0.2, 0.25) is 5.52 Å². The Hall–Kier alpha value is -2.51. The fraction of sp³-hybridized carbons (Fsp3) is 0.562. The molecule has 2 rings (SSSR count). The van der Waals surface area contributed by atoms with Gasteiger partial charge in [-0.15, -0.1) is 0 Å². The highest BCUT2D eigenvalue weighted by Gasteiger charge is 2.20. The first-order valence-electron chi connectivity index (χ1n) is 7.97. The molecule has 0 atom stereocenters. The van der Waals surface area contributed by atoms with E-state index >= 15 is 0 Å². The molecule has 1 aromatic carbocycles. The lowest BCUT2D eigenvalue weighted by Gasteiger charge is -2.16. The van der Waals surface area contributed by atoms with Crippen LogP contribution in [0.5, 0.6) is 0 Å². The molecule has 0 radical (unpaired) electrons. The minimum atomic E-state index is -0.511. The van der Waals surface area contributed by atoms with Gasteiger partial charge in [0, 0.05) is 24.4 Å². The zero-order valence-corrected chi connectivity index (χ0v) is 14.2. The maximum Gasteiger partial charge on any atom is 0.300 e. The first kappa shape index (κ1) is 17.8. The molecule has 0 amide bonds. The van der Waals surface area contributed by atoms with Gasteiger partial charge < -0.3 is 5.32 Å². The molecule has 0 saturated carbocycles. The van der Waals surface area contributed by atoms with Crippen LogP contribution in [0.1, 0.15) is 46.5 Å². The Bertz CT molecular complexity index is 733. The van der Waals surface area contributed by atoms with Gasteiger partial charge in [0.1, 0.15) is 5.78 Å². The third-order valence-electron chi connectivity index (χ3n) is 3.82. The zero-order valence-electron chi connectivity index (χ0n) is 14.2. The molecule has 0 aliphatic heterocycles. The van der Waals surface area contributed by atoms with Crippen LogP contribution in [0, 0.1) is 15.5 Å². The number of anilines is 1. The molecule has 0 aliphatic rings. The average Bonchev–Trinajstić information content (AvgIpc) is 2.98. The van der Waals surface area contributed by atoms with Crippen LogP contribution >= 0.6 is 0 Å². The molecule has 0 spiro atoms. The molecule has 1 aromatic heterocycles. The van der Waals surface area contributed by atoms with Crippen molar-refractivity contribution < 1.29 is 14.3 Å². The number of non-ortho nitro benzene ring substituents is 1. The van der Waals surface area contributed by atoms with Crippen molar-refractivity contribution in [2.75, 3.05) is 11.9 Å². The van der Waals surface area contributed by atoms with E-state index in [1.54, 1.807) is 6.07 Å². The van der Waals surface area contributed by atoms with Crippen molar-refractivity contribution in [3.05, 3.63) is 22.2 Å². The Balaban J connectivity index is 1.83. The van der Waals surface area contributed by atoms with Crippen molar-refractivity contribution in [1.29, 1.82) is 0 Å². The number of hydrogen-bond acceptors (Lipinski definition) is 7. The summed E-state index contributed by atoms with van der Waals surface area (Å²) >= 11 is 0. The second-order valence-corrected chi connectivity index (χ2v) is 6.76.